The molecule has 0 aromatic heterocycles. The Morgan fingerprint density at radius 1 is 1.35 bits per heavy atom. The number of benzene rings is 1. The number of nitro benzene ring substituents is 1. The zero-order chi connectivity index (χ0) is 19.5. The van der Waals surface area contributed by atoms with E-state index in [0.29, 0.717) is 18.5 Å². The van der Waals surface area contributed by atoms with Gasteiger partial charge in [-0.05, 0) is 31.9 Å². The Balaban J connectivity index is 1.96. The number of nitro groups is 1. The first-order valence-electron chi connectivity index (χ1n) is 7.82. The number of hydrogen-bond donors (Lipinski definition) is 1. The molecule has 1 heterocycles. The van der Waals surface area contributed by atoms with E-state index in [1.807, 2.05) is 0 Å². The first-order chi connectivity index (χ1) is 12.1. The molecule has 0 bridgehead atoms. The van der Waals surface area contributed by atoms with Crippen LogP contribution in [0.1, 0.15) is 19.8 Å². The van der Waals surface area contributed by atoms with Gasteiger partial charge in [0.25, 0.3) is 11.6 Å². The molecule has 0 spiro atoms. The minimum absolute atomic E-state index is 0.121. The third-order valence-electron chi connectivity index (χ3n) is 3.91. The van der Waals surface area contributed by atoms with Gasteiger partial charge in [-0.25, -0.2) is 8.42 Å². The number of nitrogens with zero attached hydrogens (tertiary/aromatic N) is 2. The van der Waals surface area contributed by atoms with Crippen molar-refractivity contribution in [2.75, 3.05) is 18.1 Å². The van der Waals surface area contributed by atoms with E-state index in [1.54, 1.807) is 0 Å². The van der Waals surface area contributed by atoms with Gasteiger partial charge in [-0.15, -0.1) is 0 Å². The fourth-order valence-electron chi connectivity index (χ4n) is 2.59. The summed E-state index contributed by atoms with van der Waals surface area (Å²) < 4.78 is 29.5. The van der Waals surface area contributed by atoms with Crippen LogP contribution in [0.4, 0.5) is 11.4 Å². The van der Waals surface area contributed by atoms with E-state index in [4.69, 9.17) is 4.74 Å². The van der Waals surface area contributed by atoms with Crippen molar-refractivity contribution >= 4 is 33.3 Å². The summed E-state index contributed by atoms with van der Waals surface area (Å²) in [5, 5.41) is 13.1. The molecule has 1 N–H and O–H groups in total. The van der Waals surface area contributed by atoms with Crippen molar-refractivity contribution in [3.63, 3.8) is 0 Å². The summed E-state index contributed by atoms with van der Waals surface area (Å²) in [5.74, 6) is -1.41. The fourth-order valence-corrected chi connectivity index (χ4v) is 3.70. The lowest BCUT2D eigenvalue weighted by Crippen LogP contribution is -2.43. The normalized spacial score (nSPS) is 18.9. The van der Waals surface area contributed by atoms with Crippen LogP contribution in [0, 0.1) is 10.1 Å². The molecular formula is C15H19N3O7S. The summed E-state index contributed by atoms with van der Waals surface area (Å²) in [7, 11) is -3.54. The molecule has 11 heteroatoms. The Hall–Kier alpha value is -2.53. The summed E-state index contributed by atoms with van der Waals surface area (Å²) in [6.45, 7) is 1.60. The van der Waals surface area contributed by atoms with Crippen molar-refractivity contribution in [2.45, 2.75) is 31.9 Å². The SMILES string of the molecule is C[C@@H](OC(=O)[C@H]1CCCN1S(C)(=O)=O)C(=O)Nc1ccc([N+](=O)[O-])cc1. The van der Waals surface area contributed by atoms with Gasteiger partial charge in [0.1, 0.15) is 6.04 Å². The molecule has 0 unspecified atom stereocenters. The molecule has 1 fully saturated rings. The second-order valence-electron chi connectivity index (χ2n) is 5.90. The summed E-state index contributed by atoms with van der Waals surface area (Å²) >= 11 is 0. The van der Waals surface area contributed by atoms with Crippen LogP contribution in [0.25, 0.3) is 0 Å². The average Bonchev–Trinajstić information content (AvgIpc) is 3.05. The van der Waals surface area contributed by atoms with Gasteiger partial charge in [0.2, 0.25) is 10.0 Å². The molecule has 0 radical (unpaired) electrons. The van der Waals surface area contributed by atoms with Crippen molar-refractivity contribution in [3.8, 4) is 0 Å². The number of non-ortho nitro benzene ring substituents is 1. The van der Waals surface area contributed by atoms with Gasteiger partial charge >= 0.3 is 5.97 Å². The maximum atomic E-state index is 12.2. The van der Waals surface area contributed by atoms with Crippen LogP contribution in [0.2, 0.25) is 0 Å². The maximum absolute atomic E-state index is 12.2. The molecule has 1 aliphatic rings. The summed E-state index contributed by atoms with van der Waals surface area (Å²) in [6.07, 6.45) is 0.738. The van der Waals surface area contributed by atoms with Crippen molar-refractivity contribution in [1.82, 2.24) is 4.31 Å². The number of amides is 1. The lowest BCUT2D eigenvalue weighted by Gasteiger charge is -2.22. The number of rotatable bonds is 6. The van der Waals surface area contributed by atoms with Gasteiger partial charge in [0.15, 0.2) is 6.10 Å². The number of carbonyl (C=O) groups is 2. The Morgan fingerprint density at radius 2 is 1.96 bits per heavy atom. The van der Waals surface area contributed by atoms with Gasteiger partial charge < -0.3 is 10.1 Å². The standard InChI is InChI=1S/C15H19N3O7S/c1-10(14(19)16-11-5-7-12(8-6-11)18(21)22)25-15(20)13-4-3-9-17(13)26(2,23)24/h5-8,10,13H,3-4,9H2,1-2H3,(H,16,19)/t10-,13-/m1/s1. The molecule has 142 valence electrons. The Kier molecular flexibility index (Phi) is 5.93. The van der Waals surface area contributed by atoms with E-state index < -0.39 is 39.0 Å². The summed E-state index contributed by atoms with van der Waals surface area (Å²) in [6, 6.07) is 4.24. The van der Waals surface area contributed by atoms with Crippen LogP contribution in [0.3, 0.4) is 0 Å². The van der Waals surface area contributed by atoms with Crippen LogP contribution < -0.4 is 5.32 Å². The van der Waals surface area contributed by atoms with E-state index in [1.165, 1.54) is 31.2 Å². The van der Waals surface area contributed by atoms with Crippen molar-refractivity contribution in [3.05, 3.63) is 34.4 Å². The third-order valence-corrected chi connectivity index (χ3v) is 5.20. The van der Waals surface area contributed by atoms with Crippen molar-refractivity contribution in [1.29, 1.82) is 0 Å². The third kappa shape index (κ3) is 4.76. The Labute approximate surface area is 150 Å². The number of anilines is 1. The smallest absolute Gasteiger partial charge is 0.325 e. The lowest BCUT2D eigenvalue weighted by atomic mass is 10.2. The van der Waals surface area contributed by atoms with Crippen LogP contribution in [0.5, 0.6) is 0 Å². The van der Waals surface area contributed by atoms with E-state index in [-0.39, 0.29) is 12.2 Å². The van der Waals surface area contributed by atoms with Crippen molar-refractivity contribution < 1.29 is 27.7 Å². The number of carbonyl (C=O) groups excluding carboxylic acids is 2. The number of sulfonamides is 1. The van der Waals surface area contributed by atoms with E-state index in [0.717, 1.165) is 10.6 Å². The predicted molar refractivity (Wildman–Crippen MR) is 91.9 cm³/mol. The van der Waals surface area contributed by atoms with E-state index in [9.17, 15) is 28.1 Å². The Bertz CT molecular complexity index is 807. The van der Waals surface area contributed by atoms with Crippen LogP contribution in [0.15, 0.2) is 24.3 Å². The monoisotopic (exact) mass is 385 g/mol. The Morgan fingerprint density at radius 3 is 2.50 bits per heavy atom. The van der Waals surface area contributed by atoms with Gasteiger partial charge in [0.05, 0.1) is 11.2 Å². The first-order valence-corrected chi connectivity index (χ1v) is 9.67. The largest absolute Gasteiger partial charge is 0.451 e. The zero-order valence-electron chi connectivity index (χ0n) is 14.2. The highest BCUT2D eigenvalue weighted by atomic mass is 32.2. The fraction of sp³-hybridized carbons (Fsp3) is 0.467. The topological polar surface area (TPSA) is 136 Å². The lowest BCUT2D eigenvalue weighted by molar-refractivity contribution is -0.384. The molecule has 1 aliphatic heterocycles. The molecule has 26 heavy (non-hydrogen) atoms. The van der Waals surface area contributed by atoms with Gasteiger partial charge in [-0.2, -0.15) is 4.31 Å². The highest BCUT2D eigenvalue weighted by Gasteiger charge is 2.38. The highest BCUT2D eigenvalue weighted by Crippen LogP contribution is 2.22. The minimum Gasteiger partial charge on any atom is -0.451 e. The minimum atomic E-state index is -3.54. The molecule has 1 aromatic carbocycles. The molecule has 2 rings (SSSR count). The molecular weight excluding hydrogens is 366 g/mol. The number of esters is 1. The molecule has 0 saturated carbocycles. The summed E-state index contributed by atoms with van der Waals surface area (Å²) in [5.41, 5.74) is 0.187. The van der Waals surface area contributed by atoms with Crippen LogP contribution >= 0.6 is 0 Å². The molecule has 10 nitrogen and oxygen atoms in total. The second-order valence-corrected chi connectivity index (χ2v) is 7.84. The van der Waals surface area contributed by atoms with Gasteiger partial charge in [0, 0.05) is 24.4 Å². The van der Waals surface area contributed by atoms with Crippen molar-refractivity contribution in [2.24, 2.45) is 0 Å². The molecule has 2 atom stereocenters. The quantitative estimate of drug-likeness (QED) is 0.436. The van der Waals surface area contributed by atoms with Gasteiger partial charge in [-0.3, -0.25) is 19.7 Å². The molecule has 1 amide bonds. The number of nitrogens with one attached hydrogen (secondary N) is 1. The summed E-state index contributed by atoms with van der Waals surface area (Å²) in [4.78, 5) is 34.3. The molecule has 1 saturated heterocycles. The molecule has 1 aromatic rings. The maximum Gasteiger partial charge on any atom is 0.325 e. The molecule has 0 aliphatic carbocycles. The second kappa shape index (κ2) is 7.79. The van der Waals surface area contributed by atoms with E-state index in [2.05, 4.69) is 5.32 Å². The van der Waals surface area contributed by atoms with Crippen LogP contribution in [-0.2, 0) is 24.3 Å². The zero-order valence-corrected chi connectivity index (χ0v) is 15.1. The highest BCUT2D eigenvalue weighted by molar-refractivity contribution is 7.88. The predicted octanol–water partition coefficient (Wildman–Crippen LogP) is 0.889. The van der Waals surface area contributed by atoms with Gasteiger partial charge in [-0.1, -0.05) is 0 Å². The average molecular weight is 385 g/mol. The first kappa shape index (κ1) is 19.8. The van der Waals surface area contributed by atoms with Crippen LogP contribution in [-0.4, -0.2) is 54.5 Å². The number of hydrogen-bond acceptors (Lipinski definition) is 7. The van der Waals surface area contributed by atoms with E-state index >= 15 is 0 Å². The number of ether oxygens (including phenoxy) is 1.